The zero-order valence-corrected chi connectivity index (χ0v) is 11.2. The average Bonchev–Trinajstić information content (AvgIpc) is 2.96. The van der Waals surface area contributed by atoms with Crippen LogP contribution < -0.4 is 5.32 Å². The highest BCUT2D eigenvalue weighted by molar-refractivity contribution is 5.27. The van der Waals surface area contributed by atoms with E-state index in [9.17, 15) is 0 Å². The van der Waals surface area contributed by atoms with Gasteiger partial charge in [-0.15, -0.1) is 0 Å². The normalized spacial score (nSPS) is 18.8. The summed E-state index contributed by atoms with van der Waals surface area (Å²) in [7, 11) is 4.39. The van der Waals surface area contributed by atoms with Crippen molar-refractivity contribution in [3.8, 4) is 0 Å². The fraction of sp³-hybridized carbons (Fsp3) is 0.769. The Morgan fingerprint density at radius 3 is 2.71 bits per heavy atom. The summed E-state index contributed by atoms with van der Waals surface area (Å²) in [6, 6.07) is 0. The predicted molar refractivity (Wildman–Crippen MR) is 71.3 cm³/mol. The maximum atomic E-state index is 4.37. The van der Waals surface area contributed by atoms with Crippen molar-refractivity contribution in [3.05, 3.63) is 12.4 Å². The van der Waals surface area contributed by atoms with Crippen LogP contribution in [0.15, 0.2) is 12.4 Å². The van der Waals surface area contributed by atoms with E-state index in [2.05, 4.69) is 40.8 Å². The minimum absolute atomic E-state index is 0.324. The molecule has 17 heavy (non-hydrogen) atoms. The minimum Gasteiger partial charge on any atom is -0.354 e. The Kier molecular flexibility index (Phi) is 3.72. The Morgan fingerprint density at radius 1 is 1.41 bits per heavy atom. The molecule has 0 atom stereocenters. The van der Waals surface area contributed by atoms with Crippen LogP contribution in [0.4, 0.5) is 5.95 Å². The fourth-order valence-corrected chi connectivity index (χ4v) is 2.79. The molecule has 1 aromatic rings. The Balaban J connectivity index is 2.01. The highest BCUT2D eigenvalue weighted by Crippen LogP contribution is 2.33. The molecule has 0 bridgehead atoms. The molecule has 96 valence electrons. The number of likely N-dealkylation sites (N-methyl/N-ethyl adjacent to an activating group) is 1. The van der Waals surface area contributed by atoms with Gasteiger partial charge in [0.05, 0.1) is 0 Å². The monoisotopic (exact) mass is 236 g/mol. The van der Waals surface area contributed by atoms with Gasteiger partial charge in [-0.1, -0.05) is 12.8 Å². The third-order valence-electron chi connectivity index (χ3n) is 4.11. The highest BCUT2D eigenvalue weighted by Gasteiger charge is 2.35. The number of anilines is 1. The van der Waals surface area contributed by atoms with Gasteiger partial charge in [0.2, 0.25) is 5.95 Å². The molecule has 1 heterocycles. The van der Waals surface area contributed by atoms with E-state index < -0.39 is 0 Å². The number of rotatable bonds is 5. The van der Waals surface area contributed by atoms with E-state index in [4.69, 9.17) is 0 Å². The lowest BCUT2D eigenvalue weighted by Gasteiger charge is -2.36. The van der Waals surface area contributed by atoms with E-state index in [1.165, 1.54) is 25.7 Å². The summed E-state index contributed by atoms with van der Waals surface area (Å²) < 4.78 is 2.15. The summed E-state index contributed by atoms with van der Waals surface area (Å²) in [5.74, 6) is 1.00. The van der Waals surface area contributed by atoms with Crippen LogP contribution in [-0.2, 0) is 6.54 Å². The smallest absolute Gasteiger partial charge is 0.202 e. The molecule has 0 aliphatic heterocycles. The number of aromatic nitrogens is 2. The van der Waals surface area contributed by atoms with Crippen LogP contribution in [0.2, 0.25) is 0 Å². The quantitative estimate of drug-likeness (QED) is 0.850. The van der Waals surface area contributed by atoms with Gasteiger partial charge in [0.15, 0.2) is 0 Å². The molecule has 0 amide bonds. The zero-order valence-electron chi connectivity index (χ0n) is 11.2. The molecule has 2 rings (SSSR count). The van der Waals surface area contributed by atoms with Crippen molar-refractivity contribution in [2.24, 2.45) is 0 Å². The molecule has 1 aliphatic rings. The number of aryl methyl sites for hydroxylation is 1. The molecule has 1 fully saturated rings. The number of nitrogens with zero attached hydrogens (tertiary/aromatic N) is 3. The van der Waals surface area contributed by atoms with Crippen LogP contribution in [0.25, 0.3) is 0 Å². The van der Waals surface area contributed by atoms with Gasteiger partial charge in [0.25, 0.3) is 0 Å². The first-order valence-corrected chi connectivity index (χ1v) is 6.60. The lowest BCUT2D eigenvalue weighted by Crippen LogP contribution is -2.47. The van der Waals surface area contributed by atoms with Gasteiger partial charge < -0.3 is 14.8 Å². The molecule has 0 unspecified atom stereocenters. The van der Waals surface area contributed by atoms with E-state index in [-0.39, 0.29) is 0 Å². The molecule has 1 saturated carbocycles. The van der Waals surface area contributed by atoms with Crippen LogP contribution in [0.5, 0.6) is 0 Å². The van der Waals surface area contributed by atoms with Crippen molar-refractivity contribution in [2.45, 2.75) is 44.7 Å². The third-order valence-corrected chi connectivity index (χ3v) is 4.11. The summed E-state index contributed by atoms with van der Waals surface area (Å²) in [6.45, 7) is 4.11. The van der Waals surface area contributed by atoms with Gasteiger partial charge in [-0.05, 0) is 33.9 Å². The summed E-state index contributed by atoms with van der Waals surface area (Å²) >= 11 is 0. The minimum atomic E-state index is 0.324. The summed E-state index contributed by atoms with van der Waals surface area (Å²) in [6.07, 6.45) is 9.17. The highest BCUT2D eigenvalue weighted by atomic mass is 15.2. The van der Waals surface area contributed by atoms with Gasteiger partial charge >= 0.3 is 0 Å². The Bertz CT molecular complexity index is 350. The number of hydrogen-bond acceptors (Lipinski definition) is 3. The molecular weight excluding hydrogens is 212 g/mol. The van der Waals surface area contributed by atoms with E-state index in [1.807, 2.05) is 12.4 Å². The molecule has 4 heteroatoms. The van der Waals surface area contributed by atoms with Crippen LogP contribution in [-0.4, -0.2) is 40.6 Å². The van der Waals surface area contributed by atoms with Crippen molar-refractivity contribution < 1.29 is 0 Å². The van der Waals surface area contributed by atoms with Crippen molar-refractivity contribution >= 4 is 5.95 Å². The molecule has 1 N–H and O–H groups in total. The second-order valence-electron chi connectivity index (χ2n) is 5.22. The zero-order chi connectivity index (χ0) is 12.3. The van der Waals surface area contributed by atoms with Gasteiger partial charge in [-0.25, -0.2) is 4.98 Å². The van der Waals surface area contributed by atoms with Crippen molar-refractivity contribution in [3.63, 3.8) is 0 Å². The SMILES string of the molecule is CCn1ccnc1NCC1(N(C)C)CCCC1. The molecule has 0 saturated heterocycles. The van der Waals surface area contributed by atoms with Crippen LogP contribution in [0.1, 0.15) is 32.6 Å². The van der Waals surface area contributed by atoms with Crippen LogP contribution in [0.3, 0.4) is 0 Å². The first-order valence-electron chi connectivity index (χ1n) is 6.60. The Morgan fingerprint density at radius 2 is 2.12 bits per heavy atom. The van der Waals surface area contributed by atoms with E-state index in [0.29, 0.717) is 5.54 Å². The Hall–Kier alpha value is -1.03. The van der Waals surface area contributed by atoms with Gasteiger partial charge in [0.1, 0.15) is 0 Å². The van der Waals surface area contributed by atoms with Gasteiger partial charge in [-0.2, -0.15) is 0 Å². The molecule has 0 aromatic carbocycles. The molecule has 1 aliphatic carbocycles. The second kappa shape index (κ2) is 5.08. The van der Waals surface area contributed by atoms with Gasteiger partial charge in [-0.3, -0.25) is 0 Å². The summed E-state index contributed by atoms with van der Waals surface area (Å²) in [5, 5.41) is 3.52. The standard InChI is InChI=1S/C13H24N4/c1-4-17-10-9-14-12(17)15-11-13(16(2)3)7-5-6-8-13/h9-10H,4-8,11H2,1-3H3,(H,14,15). The average molecular weight is 236 g/mol. The Labute approximate surface area is 104 Å². The fourth-order valence-electron chi connectivity index (χ4n) is 2.79. The predicted octanol–water partition coefficient (Wildman–Crippen LogP) is 2.19. The first-order chi connectivity index (χ1) is 8.18. The van der Waals surface area contributed by atoms with Crippen molar-refractivity contribution in [1.29, 1.82) is 0 Å². The number of imidazole rings is 1. The second-order valence-corrected chi connectivity index (χ2v) is 5.22. The summed E-state index contributed by atoms with van der Waals surface area (Å²) in [4.78, 5) is 6.75. The van der Waals surface area contributed by atoms with Crippen LogP contribution >= 0.6 is 0 Å². The largest absolute Gasteiger partial charge is 0.354 e. The summed E-state index contributed by atoms with van der Waals surface area (Å²) in [5.41, 5.74) is 0.324. The maximum absolute atomic E-state index is 4.37. The third kappa shape index (κ3) is 2.46. The van der Waals surface area contributed by atoms with E-state index in [0.717, 1.165) is 19.0 Å². The molecule has 0 spiro atoms. The maximum Gasteiger partial charge on any atom is 0.202 e. The van der Waals surface area contributed by atoms with Gasteiger partial charge in [0, 0.05) is 31.0 Å². The lowest BCUT2D eigenvalue weighted by atomic mass is 9.96. The topological polar surface area (TPSA) is 33.1 Å². The van der Waals surface area contributed by atoms with E-state index >= 15 is 0 Å². The van der Waals surface area contributed by atoms with Crippen LogP contribution in [0, 0.1) is 0 Å². The molecule has 1 aromatic heterocycles. The van der Waals surface area contributed by atoms with Crippen molar-refractivity contribution in [2.75, 3.05) is 26.0 Å². The number of hydrogen-bond donors (Lipinski definition) is 1. The molecule has 4 nitrogen and oxygen atoms in total. The first kappa shape index (κ1) is 12.4. The lowest BCUT2D eigenvalue weighted by molar-refractivity contribution is 0.172. The molecular formula is C13H24N4. The van der Waals surface area contributed by atoms with E-state index in [1.54, 1.807) is 0 Å². The number of nitrogens with one attached hydrogen (secondary N) is 1. The molecule has 0 radical (unpaired) electrons. The van der Waals surface area contributed by atoms with Crippen molar-refractivity contribution in [1.82, 2.24) is 14.5 Å².